The van der Waals surface area contributed by atoms with E-state index >= 15 is 0 Å². The molecule has 0 aliphatic rings. The number of rotatable bonds is 3. The van der Waals surface area contributed by atoms with Crippen molar-refractivity contribution in [3.8, 4) is 0 Å². The maximum absolute atomic E-state index is 12.2. The van der Waals surface area contributed by atoms with Gasteiger partial charge in [-0.1, -0.05) is 28.1 Å². The Hall–Kier alpha value is -1.99. The largest absolute Gasteiger partial charge is 0.348 e. The number of hydrogen-bond acceptors (Lipinski definition) is 4. The van der Waals surface area contributed by atoms with Gasteiger partial charge in [0.1, 0.15) is 5.56 Å². The second-order valence-electron chi connectivity index (χ2n) is 4.35. The fraction of sp³-hybridized carbons (Fsp3) is 0.0714. The molecular formula is C14H10BrN3O2S. The molecule has 0 aliphatic carbocycles. The first kappa shape index (κ1) is 14.0. The predicted molar refractivity (Wildman–Crippen MR) is 84.7 cm³/mol. The number of carbonyl (C=O) groups is 1. The number of aromatic nitrogens is 2. The van der Waals surface area contributed by atoms with Crippen LogP contribution in [0.5, 0.6) is 0 Å². The van der Waals surface area contributed by atoms with Crippen LogP contribution in [0, 0.1) is 0 Å². The minimum absolute atomic E-state index is 0.0425. The van der Waals surface area contributed by atoms with Crippen molar-refractivity contribution < 1.29 is 4.79 Å². The molecular weight excluding hydrogens is 354 g/mol. The van der Waals surface area contributed by atoms with Crippen molar-refractivity contribution in [1.29, 1.82) is 0 Å². The highest BCUT2D eigenvalue weighted by atomic mass is 79.9. The van der Waals surface area contributed by atoms with Crippen LogP contribution >= 0.6 is 27.3 Å². The Morgan fingerprint density at radius 3 is 3.10 bits per heavy atom. The van der Waals surface area contributed by atoms with Gasteiger partial charge < -0.3 is 5.32 Å². The molecule has 0 atom stereocenters. The van der Waals surface area contributed by atoms with Crippen LogP contribution in [0.25, 0.3) is 4.96 Å². The van der Waals surface area contributed by atoms with Crippen LogP contribution in [0.2, 0.25) is 0 Å². The molecule has 0 radical (unpaired) electrons. The molecule has 1 amide bonds. The molecule has 2 aromatic heterocycles. The highest BCUT2D eigenvalue weighted by Gasteiger charge is 2.13. The number of carbonyl (C=O) groups excluding carboxylic acids is 1. The third-order valence-electron chi connectivity index (χ3n) is 2.93. The molecule has 3 aromatic rings. The van der Waals surface area contributed by atoms with Gasteiger partial charge in [-0.3, -0.25) is 14.0 Å². The van der Waals surface area contributed by atoms with Gasteiger partial charge in [-0.2, -0.15) is 0 Å². The summed E-state index contributed by atoms with van der Waals surface area (Å²) < 4.78 is 2.31. The van der Waals surface area contributed by atoms with Gasteiger partial charge in [0, 0.05) is 28.8 Å². The topological polar surface area (TPSA) is 63.5 Å². The number of nitrogens with one attached hydrogen (secondary N) is 1. The van der Waals surface area contributed by atoms with Crippen molar-refractivity contribution in [3.05, 3.63) is 68.0 Å². The third-order valence-corrected chi connectivity index (χ3v) is 4.19. The van der Waals surface area contributed by atoms with Crippen LogP contribution in [0.4, 0.5) is 0 Å². The molecule has 21 heavy (non-hydrogen) atoms. The van der Waals surface area contributed by atoms with E-state index in [1.165, 1.54) is 21.9 Å². The average molecular weight is 364 g/mol. The lowest BCUT2D eigenvalue weighted by atomic mass is 10.2. The summed E-state index contributed by atoms with van der Waals surface area (Å²) in [6.07, 6.45) is 2.94. The van der Waals surface area contributed by atoms with E-state index < -0.39 is 5.91 Å². The first-order chi connectivity index (χ1) is 10.1. The quantitative estimate of drug-likeness (QED) is 0.777. The van der Waals surface area contributed by atoms with Gasteiger partial charge in [-0.05, 0) is 17.7 Å². The van der Waals surface area contributed by atoms with E-state index in [1.54, 1.807) is 11.6 Å². The third kappa shape index (κ3) is 2.88. The maximum atomic E-state index is 12.2. The van der Waals surface area contributed by atoms with E-state index in [0.717, 1.165) is 10.0 Å². The van der Waals surface area contributed by atoms with Gasteiger partial charge in [-0.15, -0.1) is 11.3 Å². The van der Waals surface area contributed by atoms with Gasteiger partial charge in [0.25, 0.3) is 11.5 Å². The molecule has 3 rings (SSSR count). The van der Waals surface area contributed by atoms with Gasteiger partial charge in [0.05, 0.1) is 0 Å². The molecule has 0 saturated heterocycles. The lowest BCUT2D eigenvalue weighted by Gasteiger charge is -2.05. The van der Waals surface area contributed by atoms with Crippen molar-refractivity contribution in [2.75, 3.05) is 0 Å². The Kier molecular flexibility index (Phi) is 3.85. The average Bonchev–Trinajstić information content (AvgIpc) is 2.95. The summed E-state index contributed by atoms with van der Waals surface area (Å²) in [4.78, 5) is 29.0. The van der Waals surface area contributed by atoms with Crippen molar-refractivity contribution >= 4 is 38.1 Å². The zero-order valence-corrected chi connectivity index (χ0v) is 13.1. The van der Waals surface area contributed by atoms with Gasteiger partial charge in [0.2, 0.25) is 0 Å². The molecule has 2 heterocycles. The van der Waals surface area contributed by atoms with E-state index in [4.69, 9.17) is 0 Å². The van der Waals surface area contributed by atoms with Crippen LogP contribution in [-0.2, 0) is 6.54 Å². The minimum atomic E-state index is -0.423. The summed E-state index contributed by atoms with van der Waals surface area (Å²) >= 11 is 4.72. The Labute approximate surface area is 132 Å². The fourth-order valence-corrected chi connectivity index (χ4v) is 3.03. The predicted octanol–water partition coefficient (Wildman–Crippen LogP) is 2.45. The smallest absolute Gasteiger partial charge is 0.271 e. The summed E-state index contributed by atoms with van der Waals surface area (Å²) in [6, 6.07) is 7.61. The van der Waals surface area contributed by atoms with Crippen LogP contribution in [0.15, 0.2) is 51.3 Å². The molecule has 0 saturated carbocycles. The number of nitrogens with zero attached hydrogens (tertiary/aromatic N) is 2. The summed E-state index contributed by atoms with van der Waals surface area (Å²) in [5, 5.41) is 4.49. The van der Waals surface area contributed by atoms with Crippen LogP contribution in [0.3, 0.4) is 0 Å². The number of fused-ring (bicyclic) bond motifs is 1. The van der Waals surface area contributed by atoms with Crippen molar-refractivity contribution in [2.45, 2.75) is 6.54 Å². The van der Waals surface area contributed by atoms with Crippen LogP contribution in [0.1, 0.15) is 15.9 Å². The molecule has 0 aliphatic heterocycles. The number of benzene rings is 1. The highest BCUT2D eigenvalue weighted by Crippen LogP contribution is 2.11. The van der Waals surface area contributed by atoms with Crippen molar-refractivity contribution in [2.24, 2.45) is 0 Å². The molecule has 0 fully saturated rings. The Morgan fingerprint density at radius 1 is 1.43 bits per heavy atom. The second-order valence-corrected chi connectivity index (χ2v) is 6.13. The Balaban J connectivity index is 1.81. The summed E-state index contributed by atoms with van der Waals surface area (Å²) in [5.74, 6) is -0.423. The van der Waals surface area contributed by atoms with Crippen molar-refractivity contribution in [3.63, 3.8) is 0 Å². The van der Waals surface area contributed by atoms with Crippen molar-refractivity contribution in [1.82, 2.24) is 14.7 Å². The summed E-state index contributed by atoms with van der Waals surface area (Å²) in [6.45, 7) is 0.351. The molecule has 0 bridgehead atoms. The van der Waals surface area contributed by atoms with Crippen LogP contribution < -0.4 is 10.9 Å². The highest BCUT2D eigenvalue weighted by molar-refractivity contribution is 9.10. The van der Waals surface area contributed by atoms with Gasteiger partial charge in [-0.25, -0.2) is 4.98 Å². The van der Waals surface area contributed by atoms with Gasteiger partial charge >= 0.3 is 0 Å². The second kappa shape index (κ2) is 5.79. The minimum Gasteiger partial charge on any atom is -0.348 e. The normalized spacial score (nSPS) is 10.7. The monoisotopic (exact) mass is 363 g/mol. The van der Waals surface area contributed by atoms with E-state index in [0.29, 0.717) is 11.5 Å². The SMILES string of the molecule is O=C(NCc1cccc(Br)c1)c1cnc2sccn2c1=O. The number of halogens is 1. The van der Waals surface area contributed by atoms with E-state index in [2.05, 4.69) is 26.2 Å². The van der Waals surface area contributed by atoms with Gasteiger partial charge in [0.15, 0.2) is 4.96 Å². The molecule has 106 valence electrons. The lowest BCUT2D eigenvalue weighted by molar-refractivity contribution is 0.0949. The van der Waals surface area contributed by atoms with E-state index in [9.17, 15) is 9.59 Å². The number of hydrogen-bond donors (Lipinski definition) is 1. The first-order valence-electron chi connectivity index (χ1n) is 6.12. The Morgan fingerprint density at radius 2 is 2.29 bits per heavy atom. The summed E-state index contributed by atoms with van der Waals surface area (Å²) in [7, 11) is 0. The van der Waals surface area contributed by atoms with E-state index in [1.807, 2.05) is 24.3 Å². The molecule has 5 nitrogen and oxygen atoms in total. The Bertz CT molecular complexity index is 872. The first-order valence-corrected chi connectivity index (χ1v) is 7.80. The molecule has 1 aromatic carbocycles. The molecule has 1 N–H and O–H groups in total. The summed E-state index contributed by atoms with van der Waals surface area (Å²) in [5.41, 5.74) is 0.635. The number of amides is 1. The lowest BCUT2D eigenvalue weighted by Crippen LogP contribution is -2.30. The zero-order chi connectivity index (χ0) is 14.8. The van der Waals surface area contributed by atoms with E-state index in [-0.39, 0.29) is 11.1 Å². The number of thiazole rings is 1. The molecule has 0 unspecified atom stereocenters. The van der Waals surface area contributed by atoms with Crippen LogP contribution in [-0.4, -0.2) is 15.3 Å². The zero-order valence-electron chi connectivity index (χ0n) is 10.7. The molecule has 7 heteroatoms. The maximum Gasteiger partial charge on any atom is 0.271 e. The fourth-order valence-electron chi connectivity index (χ4n) is 1.90. The molecule has 0 spiro atoms. The standard InChI is InChI=1S/C14H10BrN3O2S/c15-10-3-1-2-9(6-10)7-16-12(19)11-8-17-14-18(13(11)20)4-5-21-14/h1-6,8H,7H2,(H,16,19).